The van der Waals surface area contributed by atoms with E-state index in [0.29, 0.717) is 21.9 Å². The number of nitrogens with zero attached hydrogens (tertiary/aromatic N) is 1. The van der Waals surface area contributed by atoms with Crippen LogP contribution >= 0.6 is 11.3 Å². The van der Waals surface area contributed by atoms with Crippen LogP contribution in [-0.4, -0.2) is 20.1 Å². The maximum absolute atomic E-state index is 13.5. The van der Waals surface area contributed by atoms with Crippen molar-refractivity contribution in [3.63, 3.8) is 0 Å². The molecule has 3 heterocycles. The third-order valence-electron chi connectivity index (χ3n) is 5.62. The average molecular weight is 520 g/mol. The summed E-state index contributed by atoms with van der Waals surface area (Å²) in [5, 5.41) is 7.33. The van der Waals surface area contributed by atoms with Crippen molar-refractivity contribution in [2.45, 2.75) is 13.5 Å². The van der Waals surface area contributed by atoms with E-state index in [0.717, 1.165) is 11.1 Å². The van der Waals surface area contributed by atoms with E-state index in [-0.39, 0.29) is 23.1 Å². The molecule has 2 aromatic heterocycles. The van der Waals surface area contributed by atoms with Gasteiger partial charge in [-0.3, -0.25) is 13.9 Å². The summed E-state index contributed by atoms with van der Waals surface area (Å²) in [7, 11) is -4.10. The number of carbonyl (C=O) groups is 2. The van der Waals surface area contributed by atoms with Crippen molar-refractivity contribution < 1.29 is 22.4 Å². The minimum Gasteiger partial charge on any atom is -0.459 e. The van der Waals surface area contributed by atoms with Gasteiger partial charge in [0.1, 0.15) is 4.88 Å². The van der Waals surface area contributed by atoms with Crippen LogP contribution < -0.4 is 14.9 Å². The number of allylic oxidation sites excluding steroid dienone is 1. The Kier molecular flexibility index (Phi) is 6.21. The first-order valence-corrected chi connectivity index (χ1v) is 13.3. The maximum Gasteiger partial charge on any atom is 0.291 e. The number of furan rings is 1. The minimum atomic E-state index is -4.10. The number of Topliss-reactive ketones (excluding diaryl/α,β-unsaturated/α-hetero) is 1. The van der Waals surface area contributed by atoms with Gasteiger partial charge in [-0.05, 0) is 60.3 Å². The number of ketones is 1. The van der Waals surface area contributed by atoms with Gasteiger partial charge in [-0.25, -0.2) is 8.42 Å². The number of rotatable bonds is 6. The van der Waals surface area contributed by atoms with Crippen molar-refractivity contribution in [1.29, 1.82) is 0 Å². The Morgan fingerprint density at radius 3 is 2.44 bits per heavy atom. The molecule has 1 amide bonds. The Hall–Kier alpha value is -4.15. The summed E-state index contributed by atoms with van der Waals surface area (Å²) in [6.07, 6.45) is 2.63. The zero-order valence-electron chi connectivity index (χ0n) is 19.1. The lowest BCUT2D eigenvalue weighted by Crippen LogP contribution is -2.38. The Balaban J connectivity index is 1.38. The normalized spacial score (nSPS) is 15.5. The first kappa shape index (κ1) is 23.6. The lowest BCUT2D eigenvalue weighted by molar-refractivity contribution is 0.0995. The molecule has 0 radical (unpaired) electrons. The van der Waals surface area contributed by atoms with E-state index in [9.17, 15) is 18.0 Å². The molecule has 1 aliphatic rings. The molecule has 0 aliphatic carbocycles. The standard InChI is InChI=1S/C26H21N3O5S2/c1-17-4-6-18(7-5-17)16-29-21-12-14-35-25(21)24(30)23(36(29,32)33)15-27-19-8-10-20(11-9-19)28-26(31)22-3-2-13-34-22/h2-15,27H,16H2,1H3,(H,28,31)/b23-15-. The number of sulfonamides is 1. The van der Waals surface area contributed by atoms with E-state index >= 15 is 0 Å². The Bertz CT molecular complexity index is 1550. The SMILES string of the molecule is Cc1ccc(CN2c3ccsc3C(=O)/C(=C/Nc3ccc(NC(=O)c4ccco4)cc3)S2(=O)=O)cc1. The molecule has 4 aromatic rings. The number of fused-ring (bicyclic) bond motifs is 1. The van der Waals surface area contributed by atoms with Gasteiger partial charge in [-0.15, -0.1) is 11.3 Å². The summed E-state index contributed by atoms with van der Waals surface area (Å²) in [4.78, 5) is 25.2. The van der Waals surface area contributed by atoms with Gasteiger partial charge < -0.3 is 15.1 Å². The maximum atomic E-state index is 13.5. The molecule has 36 heavy (non-hydrogen) atoms. The highest BCUT2D eigenvalue weighted by Gasteiger charge is 2.41. The van der Waals surface area contributed by atoms with Crippen molar-refractivity contribution in [2.75, 3.05) is 14.9 Å². The summed E-state index contributed by atoms with van der Waals surface area (Å²) >= 11 is 1.21. The average Bonchev–Trinajstić information content (AvgIpc) is 3.57. The molecule has 0 fully saturated rings. The van der Waals surface area contributed by atoms with Gasteiger partial charge in [0.2, 0.25) is 5.78 Å². The van der Waals surface area contributed by atoms with Crippen LogP contribution in [0.25, 0.3) is 0 Å². The number of carbonyl (C=O) groups excluding carboxylic acids is 2. The molecule has 1 aliphatic heterocycles. The molecule has 2 N–H and O–H groups in total. The number of thiophene rings is 1. The van der Waals surface area contributed by atoms with Crippen LogP contribution in [0.15, 0.2) is 93.9 Å². The van der Waals surface area contributed by atoms with E-state index in [1.165, 1.54) is 28.1 Å². The van der Waals surface area contributed by atoms with Gasteiger partial charge in [0.25, 0.3) is 15.9 Å². The van der Waals surface area contributed by atoms with Gasteiger partial charge in [0, 0.05) is 17.6 Å². The second-order valence-corrected chi connectivity index (χ2v) is 10.9. The number of anilines is 3. The predicted molar refractivity (Wildman–Crippen MR) is 140 cm³/mol. The Morgan fingerprint density at radius 1 is 1.03 bits per heavy atom. The van der Waals surface area contributed by atoms with Gasteiger partial charge in [0.15, 0.2) is 10.7 Å². The number of amides is 1. The first-order chi connectivity index (χ1) is 17.3. The Labute approximate surface area is 211 Å². The second-order valence-electron chi connectivity index (χ2n) is 8.12. The van der Waals surface area contributed by atoms with E-state index in [4.69, 9.17) is 4.42 Å². The van der Waals surface area contributed by atoms with E-state index in [1.54, 1.807) is 47.8 Å². The fraction of sp³-hybridized carbons (Fsp3) is 0.0769. The molecule has 182 valence electrons. The van der Waals surface area contributed by atoms with Gasteiger partial charge >= 0.3 is 0 Å². The Morgan fingerprint density at radius 2 is 1.75 bits per heavy atom. The molecule has 0 spiro atoms. The van der Waals surface area contributed by atoms with E-state index < -0.39 is 15.8 Å². The van der Waals surface area contributed by atoms with Crippen LogP contribution in [0, 0.1) is 6.92 Å². The molecule has 0 atom stereocenters. The molecular weight excluding hydrogens is 498 g/mol. The zero-order chi connectivity index (χ0) is 25.3. The number of hydrogen-bond donors (Lipinski definition) is 2. The van der Waals surface area contributed by atoms with Crippen LogP contribution in [0.4, 0.5) is 17.1 Å². The van der Waals surface area contributed by atoms with E-state index in [1.807, 2.05) is 31.2 Å². The van der Waals surface area contributed by atoms with Gasteiger partial charge in [0.05, 0.1) is 18.5 Å². The molecule has 0 saturated carbocycles. The number of aryl methyl sites for hydroxylation is 1. The molecule has 5 rings (SSSR count). The van der Waals surface area contributed by atoms with Crippen molar-refractivity contribution >= 4 is 50.1 Å². The third-order valence-corrected chi connectivity index (χ3v) is 8.28. The quantitative estimate of drug-likeness (QED) is 0.331. The topological polar surface area (TPSA) is 109 Å². The molecule has 8 nitrogen and oxygen atoms in total. The van der Waals surface area contributed by atoms with Gasteiger partial charge in [-0.1, -0.05) is 29.8 Å². The third kappa shape index (κ3) is 4.56. The van der Waals surface area contributed by atoms with Crippen molar-refractivity contribution in [3.05, 3.63) is 111 Å². The lowest BCUT2D eigenvalue weighted by atomic mass is 10.1. The fourth-order valence-electron chi connectivity index (χ4n) is 3.71. The largest absolute Gasteiger partial charge is 0.459 e. The zero-order valence-corrected chi connectivity index (χ0v) is 20.7. The van der Waals surface area contributed by atoms with Crippen molar-refractivity contribution in [3.8, 4) is 0 Å². The molecule has 0 unspecified atom stereocenters. The monoisotopic (exact) mass is 519 g/mol. The van der Waals surface area contributed by atoms with Crippen molar-refractivity contribution in [1.82, 2.24) is 0 Å². The summed E-state index contributed by atoms with van der Waals surface area (Å²) in [5.74, 6) is -0.747. The molecular formula is C26H21N3O5S2. The minimum absolute atomic E-state index is 0.112. The van der Waals surface area contributed by atoms with E-state index in [2.05, 4.69) is 10.6 Å². The van der Waals surface area contributed by atoms with Crippen LogP contribution in [0.5, 0.6) is 0 Å². The van der Waals surface area contributed by atoms with Crippen LogP contribution in [0.1, 0.15) is 31.4 Å². The summed E-state index contributed by atoms with van der Waals surface area (Å²) in [6.45, 7) is 2.07. The predicted octanol–water partition coefficient (Wildman–Crippen LogP) is 5.39. The number of hydrogen-bond acceptors (Lipinski definition) is 7. The highest BCUT2D eigenvalue weighted by molar-refractivity contribution is 7.97. The molecule has 10 heteroatoms. The van der Waals surface area contributed by atoms with Gasteiger partial charge in [-0.2, -0.15) is 0 Å². The number of nitrogens with one attached hydrogen (secondary N) is 2. The number of benzene rings is 2. The first-order valence-electron chi connectivity index (χ1n) is 10.9. The molecule has 2 aromatic carbocycles. The van der Waals surface area contributed by atoms with Crippen LogP contribution in [0.3, 0.4) is 0 Å². The van der Waals surface area contributed by atoms with Crippen LogP contribution in [-0.2, 0) is 16.6 Å². The summed E-state index contributed by atoms with van der Waals surface area (Å²) in [5.41, 5.74) is 3.35. The lowest BCUT2D eigenvalue weighted by Gasteiger charge is -2.29. The second kappa shape index (κ2) is 9.48. The summed E-state index contributed by atoms with van der Waals surface area (Å²) in [6, 6.07) is 19.1. The molecule has 0 saturated heterocycles. The molecule has 0 bridgehead atoms. The van der Waals surface area contributed by atoms with Crippen molar-refractivity contribution in [2.24, 2.45) is 0 Å². The van der Waals surface area contributed by atoms with Crippen LogP contribution in [0.2, 0.25) is 0 Å². The highest BCUT2D eigenvalue weighted by Crippen LogP contribution is 2.39. The highest BCUT2D eigenvalue weighted by atomic mass is 32.2. The summed E-state index contributed by atoms with van der Waals surface area (Å²) < 4.78 is 33.4. The smallest absolute Gasteiger partial charge is 0.291 e. The fourth-order valence-corrected chi connectivity index (χ4v) is 6.20.